The van der Waals surface area contributed by atoms with Crippen molar-refractivity contribution >= 4 is 23.0 Å². The van der Waals surface area contributed by atoms with E-state index in [4.69, 9.17) is 11.6 Å². The summed E-state index contributed by atoms with van der Waals surface area (Å²) in [4.78, 5) is 12.1. The molecule has 1 atom stereocenters. The number of fused-ring (bicyclic) bond motifs is 2. The van der Waals surface area contributed by atoms with Gasteiger partial charge in [-0.2, -0.15) is 0 Å². The van der Waals surface area contributed by atoms with Crippen LogP contribution in [0.1, 0.15) is 56.1 Å². The van der Waals surface area contributed by atoms with Crippen LogP contribution in [-0.2, 0) is 4.79 Å². The smallest absolute Gasteiger partial charge is 0.159 e. The second kappa shape index (κ2) is 4.75. The van der Waals surface area contributed by atoms with Crippen LogP contribution in [0, 0.1) is 5.82 Å². The number of hydrogen-bond acceptors (Lipinski definition) is 1. The molecule has 2 aliphatic carbocycles. The fourth-order valence-electron chi connectivity index (χ4n) is 3.23. The summed E-state index contributed by atoms with van der Waals surface area (Å²) in [7, 11) is 0. The first-order chi connectivity index (χ1) is 9.08. The van der Waals surface area contributed by atoms with Crippen LogP contribution in [0.2, 0.25) is 5.02 Å². The molecule has 0 spiro atoms. The van der Waals surface area contributed by atoms with E-state index in [0.717, 1.165) is 48.0 Å². The number of Topliss-reactive ketones (excluding diaryl/α,β-unsaturated/α-hetero) is 1. The van der Waals surface area contributed by atoms with Crippen LogP contribution >= 0.6 is 11.6 Å². The first kappa shape index (κ1) is 12.9. The average molecular weight is 279 g/mol. The van der Waals surface area contributed by atoms with Crippen molar-refractivity contribution in [1.29, 1.82) is 0 Å². The van der Waals surface area contributed by atoms with E-state index < -0.39 is 0 Å². The summed E-state index contributed by atoms with van der Waals surface area (Å²) in [6, 6.07) is 3.26. The van der Waals surface area contributed by atoms with Gasteiger partial charge in [0, 0.05) is 6.42 Å². The van der Waals surface area contributed by atoms with Crippen LogP contribution in [-0.4, -0.2) is 5.78 Å². The van der Waals surface area contributed by atoms with Gasteiger partial charge in [-0.15, -0.1) is 0 Å². The summed E-state index contributed by atoms with van der Waals surface area (Å²) in [6.07, 6.45) is 4.12. The number of ketones is 1. The van der Waals surface area contributed by atoms with Crippen molar-refractivity contribution in [3.63, 3.8) is 0 Å². The molecule has 0 saturated heterocycles. The van der Waals surface area contributed by atoms with E-state index in [9.17, 15) is 9.18 Å². The van der Waals surface area contributed by atoms with Gasteiger partial charge < -0.3 is 0 Å². The maximum atomic E-state index is 13.8. The van der Waals surface area contributed by atoms with Crippen molar-refractivity contribution in [2.45, 2.75) is 44.9 Å². The quantitative estimate of drug-likeness (QED) is 0.661. The Morgan fingerprint density at radius 2 is 2.00 bits per heavy atom. The molecule has 0 radical (unpaired) electrons. The second-order valence-electron chi connectivity index (χ2n) is 5.53. The van der Waals surface area contributed by atoms with E-state index in [-0.39, 0.29) is 16.6 Å². The average Bonchev–Trinajstić information content (AvgIpc) is 2.51. The predicted molar refractivity (Wildman–Crippen MR) is 74.8 cm³/mol. The molecule has 1 aromatic rings. The molecule has 1 nitrogen and oxygen atoms in total. The van der Waals surface area contributed by atoms with Crippen LogP contribution in [0.25, 0.3) is 5.57 Å². The van der Waals surface area contributed by atoms with Gasteiger partial charge in [0.05, 0.1) is 5.02 Å². The molecule has 0 fully saturated rings. The second-order valence-corrected chi connectivity index (χ2v) is 5.93. The fourth-order valence-corrected chi connectivity index (χ4v) is 3.40. The number of rotatable bonds is 0. The molecule has 1 unspecified atom stereocenters. The lowest BCUT2D eigenvalue weighted by Gasteiger charge is -2.19. The molecule has 19 heavy (non-hydrogen) atoms. The third-order valence-corrected chi connectivity index (χ3v) is 4.60. The Morgan fingerprint density at radius 1 is 1.21 bits per heavy atom. The number of carbonyl (C=O) groups is 1. The Kier molecular flexibility index (Phi) is 3.22. The number of benzene rings is 1. The third-order valence-electron chi connectivity index (χ3n) is 4.31. The Labute approximate surface area is 117 Å². The molecule has 1 aromatic carbocycles. The summed E-state index contributed by atoms with van der Waals surface area (Å²) >= 11 is 5.91. The number of halogens is 2. The minimum atomic E-state index is -0.389. The van der Waals surface area contributed by atoms with E-state index >= 15 is 0 Å². The zero-order valence-corrected chi connectivity index (χ0v) is 11.7. The minimum absolute atomic E-state index is 0.178. The maximum Gasteiger partial charge on any atom is 0.159 e. The Hall–Kier alpha value is -1.15. The van der Waals surface area contributed by atoms with E-state index in [0.29, 0.717) is 12.3 Å². The first-order valence-electron chi connectivity index (χ1n) is 6.82. The molecule has 100 valence electrons. The zero-order chi connectivity index (χ0) is 13.6. The van der Waals surface area contributed by atoms with Crippen LogP contribution < -0.4 is 0 Å². The van der Waals surface area contributed by atoms with Crippen LogP contribution in [0.5, 0.6) is 0 Å². The molecule has 0 N–H and O–H groups in total. The molecule has 0 amide bonds. The highest BCUT2D eigenvalue weighted by Crippen LogP contribution is 2.42. The molecular weight excluding hydrogens is 263 g/mol. The van der Waals surface area contributed by atoms with Crippen LogP contribution in [0.4, 0.5) is 4.39 Å². The van der Waals surface area contributed by atoms with Gasteiger partial charge in [0.1, 0.15) is 5.82 Å². The molecule has 2 aliphatic rings. The molecule has 0 saturated carbocycles. The van der Waals surface area contributed by atoms with Gasteiger partial charge in [-0.3, -0.25) is 4.79 Å². The highest BCUT2D eigenvalue weighted by Gasteiger charge is 2.28. The van der Waals surface area contributed by atoms with Gasteiger partial charge in [-0.05, 0) is 66.0 Å². The summed E-state index contributed by atoms with van der Waals surface area (Å²) in [5.41, 5.74) is 3.99. The third kappa shape index (κ3) is 2.12. The minimum Gasteiger partial charge on any atom is -0.295 e. The zero-order valence-electron chi connectivity index (χ0n) is 10.9. The number of carbonyl (C=O) groups excluding carboxylic acids is 1. The van der Waals surface area contributed by atoms with Crippen molar-refractivity contribution in [3.8, 4) is 0 Å². The predicted octanol–water partition coefficient (Wildman–Crippen LogP) is 4.88. The SMILES string of the molecule is CC1CCC2=C(CCCC2=O)c2cc(F)c(Cl)cc21. The molecule has 0 aliphatic heterocycles. The number of allylic oxidation sites excluding steroid dienone is 2. The van der Waals surface area contributed by atoms with Gasteiger partial charge >= 0.3 is 0 Å². The van der Waals surface area contributed by atoms with Crippen LogP contribution in [0.15, 0.2) is 17.7 Å². The molecular formula is C16H16ClFO. The standard InChI is InChI=1S/C16H16ClFO/c1-9-5-6-11-10(3-2-4-16(11)19)13-8-15(18)14(17)7-12(9)13/h7-9H,2-6H2,1H3. The van der Waals surface area contributed by atoms with Gasteiger partial charge in [-0.1, -0.05) is 18.5 Å². The Bertz CT molecular complexity index is 589. The van der Waals surface area contributed by atoms with Crippen molar-refractivity contribution < 1.29 is 9.18 Å². The van der Waals surface area contributed by atoms with Crippen molar-refractivity contribution in [3.05, 3.63) is 39.7 Å². The fraction of sp³-hybridized carbons (Fsp3) is 0.438. The molecule has 3 heteroatoms. The lowest BCUT2D eigenvalue weighted by molar-refractivity contribution is -0.116. The van der Waals surface area contributed by atoms with E-state index in [1.54, 1.807) is 6.07 Å². The topological polar surface area (TPSA) is 17.1 Å². The monoisotopic (exact) mass is 278 g/mol. The van der Waals surface area contributed by atoms with Gasteiger partial charge in [0.15, 0.2) is 5.78 Å². The van der Waals surface area contributed by atoms with Crippen molar-refractivity contribution in [1.82, 2.24) is 0 Å². The maximum absolute atomic E-state index is 13.8. The Morgan fingerprint density at radius 3 is 2.79 bits per heavy atom. The number of hydrogen-bond donors (Lipinski definition) is 0. The van der Waals surface area contributed by atoms with Gasteiger partial charge in [0.2, 0.25) is 0 Å². The summed E-state index contributed by atoms with van der Waals surface area (Å²) < 4.78 is 13.8. The molecule has 0 bridgehead atoms. The molecule has 3 rings (SSSR count). The lowest BCUT2D eigenvalue weighted by Crippen LogP contribution is -2.10. The van der Waals surface area contributed by atoms with E-state index in [1.807, 2.05) is 0 Å². The highest BCUT2D eigenvalue weighted by molar-refractivity contribution is 6.30. The molecule has 0 aromatic heterocycles. The summed E-state index contributed by atoms with van der Waals surface area (Å²) in [5, 5.41) is 0.178. The molecule has 0 heterocycles. The van der Waals surface area contributed by atoms with Crippen molar-refractivity contribution in [2.75, 3.05) is 0 Å². The Balaban J connectivity index is 2.24. The first-order valence-corrected chi connectivity index (χ1v) is 7.20. The lowest BCUT2D eigenvalue weighted by atomic mass is 9.85. The van der Waals surface area contributed by atoms with E-state index in [1.165, 1.54) is 6.07 Å². The summed E-state index contributed by atoms with van der Waals surface area (Å²) in [5.74, 6) is 0.169. The van der Waals surface area contributed by atoms with Gasteiger partial charge in [0.25, 0.3) is 0 Å². The highest BCUT2D eigenvalue weighted by atomic mass is 35.5. The van der Waals surface area contributed by atoms with Crippen molar-refractivity contribution in [2.24, 2.45) is 0 Å². The van der Waals surface area contributed by atoms with Crippen LogP contribution in [0.3, 0.4) is 0 Å². The van der Waals surface area contributed by atoms with Gasteiger partial charge in [-0.25, -0.2) is 4.39 Å². The largest absolute Gasteiger partial charge is 0.295 e. The normalized spacial score (nSPS) is 22.9. The summed E-state index contributed by atoms with van der Waals surface area (Å²) in [6.45, 7) is 2.12. The van der Waals surface area contributed by atoms with E-state index in [2.05, 4.69) is 6.92 Å².